The average molecular weight is 542 g/mol. The average Bonchev–Trinajstić information content (AvgIpc) is 2.86. The van der Waals surface area contributed by atoms with Gasteiger partial charge in [0.05, 0.1) is 29.0 Å². The van der Waals surface area contributed by atoms with E-state index in [0.29, 0.717) is 45.1 Å². The highest BCUT2D eigenvalue weighted by Crippen LogP contribution is 2.37. The van der Waals surface area contributed by atoms with Crippen molar-refractivity contribution < 1.29 is 9.90 Å². The van der Waals surface area contributed by atoms with Crippen LogP contribution in [0.5, 0.6) is 0 Å². The van der Waals surface area contributed by atoms with Crippen LogP contribution in [0.15, 0.2) is 42.6 Å². The number of hydrogen-bond acceptors (Lipinski definition) is 8. The third-order valence-electron chi connectivity index (χ3n) is 6.57. The molecule has 37 heavy (non-hydrogen) atoms. The van der Waals surface area contributed by atoms with Gasteiger partial charge in [-0.2, -0.15) is 4.98 Å². The van der Waals surface area contributed by atoms with Crippen molar-refractivity contribution >= 4 is 57.9 Å². The summed E-state index contributed by atoms with van der Waals surface area (Å²) in [4.78, 5) is 28.0. The molecule has 11 heteroatoms. The number of carbonyl (C=O) groups excluding carboxylic acids is 1. The van der Waals surface area contributed by atoms with Crippen molar-refractivity contribution in [2.45, 2.75) is 32.5 Å². The molecule has 2 aliphatic rings. The van der Waals surface area contributed by atoms with Crippen molar-refractivity contribution in [1.82, 2.24) is 15.3 Å². The molecule has 9 nitrogen and oxygen atoms in total. The summed E-state index contributed by atoms with van der Waals surface area (Å²) in [6.07, 6.45) is 1.51. The number of hydrogen-bond donors (Lipinski definition) is 3. The van der Waals surface area contributed by atoms with E-state index in [1.807, 2.05) is 30.1 Å². The van der Waals surface area contributed by atoms with E-state index in [4.69, 9.17) is 23.2 Å². The number of amides is 1. The van der Waals surface area contributed by atoms with Crippen LogP contribution in [-0.2, 0) is 6.61 Å². The Kier molecular flexibility index (Phi) is 7.13. The zero-order valence-corrected chi connectivity index (χ0v) is 22.4. The van der Waals surface area contributed by atoms with Crippen molar-refractivity contribution in [3.05, 3.63) is 63.8 Å². The van der Waals surface area contributed by atoms with E-state index in [1.54, 1.807) is 18.2 Å². The van der Waals surface area contributed by atoms with Crippen LogP contribution in [0.25, 0.3) is 0 Å². The van der Waals surface area contributed by atoms with Gasteiger partial charge in [0.1, 0.15) is 11.4 Å². The number of aromatic nitrogens is 2. The molecule has 0 aliphatic carbocycles. The fraction of sp³-hybridized carbons (Fsp3) is 0.346. The highest BCUT2D eigenvalue weighted by molar-refractivity contribution is 6.40. The molecule has 0 saturated carbocycles. The lowest BCUT2D eigenvalue weighted by Gasteiger charge is -2.38. The lowest BCUT2D eigenvalue weighted by molar-refractivity contribution is 0.0982. The number of fused-ring (bicyclic) bond motifs is 1. The van der Waals surface area contributed by atoms with E-state index >= 15 is 0 Å². The van der Waals surface area contributed by atoms with Gasteiger partial charge in [0.25, 0.3) is 5.91 Å². The molecule has 0 radical (unpaired) electrons. The Bertz CT molecular complexity index is 1310. The fourth-order valence-electron chi connectivity index (χ4n) is 5.03. The SMILES string of the molecule is CC1CN(c2ccc(Nc3ncc4c(n3)N(C)CN(c3c(Cl)cccc3Cl)C4=O)cc2CO)CC(C)N1. The monoisotopic (exact) mass is 541 g/mol. The molecule has 2 atom stereocenters. The van der Waals surface area contributed by atoms with Crippen LogP contribution in [0.2, 0.25) is 10.0 Å². The number of nitrogens with zero attached hydrogens (tertiary/aromatic N) is 5. The van der Waals surface area contributed by atoms with Gasteiger partial charge in [-0.1, -0.05) is 29.3 Å². The molecular formula is C26H29Cl2N7O2. The first-order valence-corrected chi connectivity index (χ1v) is 12.9. The largest absolute Gasteiger partial charge is 0.392 e. The van der Waals surface area contributed by atoms with Crippen LogP contribution in [-0.4, -0.2) is 59.9 Å². The molecule has 3 heterocycles. The highest BCUT2D eigenvalue weighted by atomic mass is 35.5. The fourth-order valence-corrected chi connectivity index (χ4v) is 5.64. The van der Waals surface area contributed by atoms with Gasteiger partial charge < -0.3 is 25.5 Å². The van der Waals surface area contributed by atoms with Crippen LogP contribution in [0.4, 0.5) is 28.8 Å². The summed E-state index contributed by atoms with van der Waals surface area (Å²) >= 11 is 12.7. The number of benzene rings is 2. The molecule has 0 spiro atoms. The maximum Gasteiger partial charge on any atom is 0.265 e. The number of nitrogens with one attached hydrogen (secondary N) is 2. The number of piperazine rings is 1. The summed E-state index contributed by atoms with van der Waals surface area (Å²) in [6, 6.07) is 11.7. The van der Waals surface area contributed by atoms with E-state index in [9.17, 15) is 9.90 Å². The number of anilines is 5. The van der Waals surface area contributed by atoms with E-state index < -0.39 is 0 Å². The van der Waals surface area contributed by atoms with Gasteiger partial charge in [0.2, 0.25) is 5.95 Å². The maximum absolute atomic E-state index is 13.3. The molecule has 1 saturated heterocycles. The van der Waals surface area contributed by atoms with Crippen molar-refractivity contribution in [3.8, 4) is 0 Å². The van der Waals surface area contributed by atoms with Crippen LogP contribution >= 0.6 is 23.2 Å². The highest BCUT2D eigenvalue weighted by Gasteiger charge is 2.32. The molecule has 0 bridgehead atoms. The van der Waals surface area contributed by atoms with Gasteiger partial charge in [-0.3, -0.25) is 9.69 Å². The molecule has 194 valence electrons. The minimum Gasteiger partial charge on any atom is -0.392 e. The molecule has 3 N–H and O–H groups in total. The molecular weight excluding hydrogens is 513 g/mol. The predicted molar refractivity (Wildman–Crippen MR) is 148 cm³/mol. The first-order valence-electron chi connectivity index (χ1n) is 12.1. The number of para-hydroxylation sites is 1. The number of rotatable bonds is 5. The van der Waals surface area contributed by atoms with Gasteiger partial charge in [0, 0.05) is 55.4 Å². The zero-order valence-electron chi connectivity index (χ0n) is 20.9. The summed E-state index contributed by atoms with van der Waals surface area (Å²) in [7, 11) is 1.84. The van der Waals surface area contributed by atoms with E-state index in [0.717, 1.165) is 30.0 Å². The summed E-state index contributed by atoms with van der Waals surface area (Å²) in [6.45, 7) is 6.21. The van der Waals surface area contributed by atoms with Gasteiger partial charge in [-0.05, 0) is 44.2 Å². The smallest absolute Gasteiger partial charge is 0.265 e. The summed E-state index contributed by atoms with van der Waals surface area (Å²) in [5.74, 6) is 0.578. The van der Waals surface area contributed by atoms with Gasteiger partial charge in [0.15, 0.2) is 0 Å². The first kappa shape index (κ1) is 25.5. The molecule has 1 amide bonds. The Morgan fingerprint density at radius 2 is 1.84 bits per heavy atom. The Labute approximate surface area is 226 Å². The van der Waals surface area contributed by atoms with Gasteiger partial charge in [-0.25, -0.2) is 4.98 Å². The molecule has 5 rings (SSSR count). The van der Waals surface area contributed by atoms with Gasteiger partial charge >= 0.3 is 0 Å². The Hall–Kier alpha value is -3.11. The normalized spacial score (nSPS) is 19.7. The van der Waals surface area contributed by atoms with Crippen molar-refractivity contribution in [1.29, 1.82) is 0 Å². The van der Waals surface area contributed by atoms with E-state index in [1.165, 1.54) is 11.1 Å². The van der Waals surface area contributed by atoms with Crippen molar-refractivity contribution in [2.75, 3.05) is 46.8 Å². The van der Waals surface area contributed by atoms with E-state index in [-0.39, 0.29) is 19.2 Å². The maximum atomic E-state index is 13.3. The van der Waals surface area contributed by atoms with Crippen LogP contribution in [0, 0.1) is 0 Å². The third kappa shape index (κ3) is 5.04. The summed E-state index contributed by atoms with van der Waals surface area (Å²) in [5, 5.41) is 17.6. The zero-order chi connectivity index (χ0) is 26.3. The standard InChI is InChI=1S/C26H29Cl2N7O2/c1-15-11-34(12-16(2)30-15)22-8-7-18(9-17(22)13-36)31-26-29-10-19-24(32-26)33(3)14-35(25(19)37)23-20(27)5-4-6-21(23)28/h4-10,15-16,30,36H,11-14H2,1-3H3,(H,29,31,32). The first-order chi connectivity index (χ1) is 17.7. The second-order valence-electron chi connectivity index (χ2n) is 9.57. The Balaban J connectivity index is 1.39. The third-order valence-corrected chi connectivity index (χ3v) is 7.18. The van der Waals surface area contributed by atoms with Crippen LogP contribution in [0.3, 0.4) is 0 Å². The van der Waals surface area contributed by atoms with Crippen molar-refractivity contribution in [3.63, 3.8) is 0 Å². The van der Waals surface area contributed by atoms with Crippen LogP contribution < -0.4 is 25.3 Å². The Morgan fingerprint density at radius 3 is 2.51 bits per heavy atom. The molecule has 3 aromatic rings. The molecule has 1 aromatic heterocycles. The second-order valence-corrected chi connectivity index (χ2v) is 10.4. The van der Waals surface area contributed by atoms with Crippen molar-refractivity contribution in [2.24, 2.45) is 0 Å². The minimum atomic E-state index is -0.277. The van der Waals surface area contributed by atoms with Gasteiger partial charge in [-0.15, -0.1) is 0 Å². The number of aliphatic hydroxyl groups excluding tert-OH is 1. The molecule has 2 aromatic carbocycles. The minimum absolute atomic E-state index is 0.0831. The lowest BCUT2D eigenvalue weighted by Crippen LogP contribution is -2.54. The Morgan fingerprint density at radius 1 is 1.14 bits per heavy atom. The summed E-state index contributed by atoms with van der Waals surface area (Å²) < 4.78 is 0. The predicted octanol–water partition coefficient (Wildman–Crippen LogP) is 4.26. The summed E-state index contributed by atoms with van der Waals surface area (Å²) in [5.41, 5.74) is 3.40. The second kappa shape index (κ2) is 10.3. The number of carbonyl (C=O) groups is 1. The lowest BCUT2D eigenvalue weighted by atomic mass is 10.1. The quantitative estimate of drug-likeness (QED) is 0.440. The molecule has 1 fully saturated rings. The number of aliphatic hydroxyl groups is 1. The molecule has 2 unspecified atom stereocenters. The van der Waals surface area contributed by atoms with E-state index in [2.05, 4.69) is 39.3 Å². The number of halogens is 2. The topological polar surface area (TPSA) is 96.9 Å². The molecule has 2 aliphatic heterocycles. The van der Waals surface area contributed by atoms with Crippen LogP contribution in [0.1, 0.15) is 29.8 Å².